The van der Waals surface area contributed by atoms with Gasteiger partial charge in [0.15, 0.2) is 0 Å². The average molecular weight is 508 g/mol. The zero-order chi connectivity index (χ0) is 26.9. The smallest absolute Gasteiger partial charge is 0.307 e. The van der Waals surface area contributed by atoms with Crippen LogP contribution in [0.5, 0.6) is 5.75 Å². The molecule has 0 amide bonds. The third kappa shape index (κ3) is 6.51. The van der Waals surface area contributed by atoms with E-state index in [-0.39, 0.29) is 24.5 Å². The number of nitrogens with zero attached hydrogens (tertiary/aromatic N) is 1. The van der Waals surface area contributed by atoms with Gasteiger partial charge in [0.25, 0.3) is 0 Å². The Kier molecular flexibility index (Phi) is 9.34. The van der Waals surface area contributed by atoms with Gasteiger partial charge in [-0.2, -0.15) is 0 Å². The van der Waals surface area contributed by atoms with E-state index in [1.165, 1.54) is 11.1 Å². The number of hydrogen-bond acceptors (Lipinski definition) is 4. The van der Waals surface area contributed by atoms with Gasteiger partial charge in [0.2, 0.25) is 0 Å². The summed E-state index contributed by atoms with van der Waals surface area (Å²) in [5.74, 6) is 0.665. The van der Waals surface area contributed by atoms with E-state index in [1.54, 1.807) is 7.11 Å². The van der Waals surface area contributed by atoms with E-state index in [0.29, 0.717) is 13.2 Å². The average Bonchev–Trinajstić information content (AvgIpc) is 2.96. The topological polar surface area (TPSA) is 38.8 Å². The van der Waals surface area contributed by atoms with E-state index in [0.717, 1.165) is 28.0 Å². The molecule has 0 N–H and O–H groups in total. The van der Waals surface area contributed by atoms with Crippen molar-refractivity contribution in [3.8, 4) is 16.9 Å². The maximum atomic E-state index is 13.0. The van der Waals surface area contributed by atoms with Crippen LogP contribution in [-0.4, -0.2) is 24.6 Å². The third-order valence-electron chi connectivity index (χ3n) is 7.14. The van der Waals surface area contributed by atoms with Crippen LogP contribution < -0.4 is 4.74 Å². The highest BCUT2D eigenvalue weighted by Gasteiger charge is 2.29. The predicted octanol–water partition coefficient (Wildman–Crippen LogP) is 7.93. The Hall–Kier alpha value is -3.89. The third-order valence-corrected chi connectivity index (χ3v) is 7.14. The summed E-state index contributed by atoms with van der Waals surface area (Å²) in [4.78, 5) is 15.4. The molecule has 4 rings (SSSR count). The first kappa shape index (κ1) is 27.2. The minimum Gasteiger partial charge on any atom is -0.496 e. The highest BCUT2D eigenvalue weighted by atomic mass is 16.5. The van der Waals surface area contributed by atoms with Crippen LogP contribution in [0.2, 0.25) is 0 Å². The number of methoxy groups -OCH3 is 1. The SMILES string of the molecule is CCOC(=O)CC(c1cccc(-c2cccc(OC)c2C)c1)N(Cc1ccccc1)C(C)c1ccccc1. The van der Waals surface area contributed by atoms with Crippen molar-refractivity contribution in [2.45, 2.75) is 45.8 Å². The zero-order valence-electron chi connectivity index (χ0n) is 22.8. The quantitative estimate of drug-likeness (QED) is 0.193. The van der Waals surface area contributed by atoms with Gasteiger partial charge in [0.1, 0.15) is 5.75 Å². The van der Waals surface area contributed by atoms with Crippen LogP contribution in [0.3, 0.4) is 0 Å². The Balaban J connectivity index is 1.81. The fourth-order valence-corrected chi connectivity index (χ4v) is 5.10. The first-order valence-corrected chi connectivity index (χ1v) is 13.3. The van der Waals surface area contributed by atoms with Gasteiger partial charge in [-0.3, -0.25) is 9.69 Å². The molecule has 0 radical (unpaired) electrons. The monoisotopic (exact) mass is 507 g/mol. The van der Waals surface area contributed by atoms with Gasteiger partial charge in [-0.25, -0.2) is 0 Å². The molecule has 4 aromatic carbocycles. The van der Waals surface area contributed by atoms with Crippen molar-refractivity contribution >= 4 is 5.97 Å². The van der Waals surface area contributed by atoms with E-state index >= 15 is 0 Å². The molecule has 0 saturated carbocycles. The standard InChI is InChI=1S/C34H37NO3/c1-5-38-34(36)23-32(30-19-12-18-29(22-30)31-20-13-21-33(37-4)25(31)2)35(24-27-14-8-6-9-15-27)26(3)28-16-10-7-11-17-28/h6-22,26,32H,5,23-24H2,1-4H3. The summed E-state index contributed by atoms with van der Waals surface area (Å²) in [5, 5.41) is 0. The van der Waals surface area contributed by atoms with Crippen LogP contribution in [0.1, 0.15) is 54.6 Å². The molecule has 0 aliphatic carbocycles. The summed E-state index contributed by atoms with van der Waals surface area (Å²) >= 11 is 0. The lowest BCUT2D eigenvalue weighted by Crippen LogP contribution is -2.33. The summed E-state index contributed by atoms with van der Waals surface area (Å²) in [7, 11) is 1.70. The Morgan fingerprint density at radius 3 is 2.18 bits per heavy atom. The van der Waals surface area contributed by atoms with Gasteiger partial charge < -0.3 is 9.47 Å². The predicted molar refractivity (Wildman–Crippen MR) is 154 cm³/mol. The fraction of sp³-hybridized carbons (Fsp3) is 0.265. The number of carbonyl (C=O) groups excluding carboxylic acids is 1. The Morgan fingerprint density at radius 2 is 1.50 bits per heavy atom. The van der Waals surface area contributed by atoms with Crippen molar-refractivity contribution in [3.05, 3.63) is 125 Å². The molecule has 0 bridgehead atoms. The highest BCUT2D eigenvalue weighted by Crippen LogP contribution is 2.37. The van der Waals surface area contributed by atoms with E-state index < -0.39 is 0 Å². The summed E-state index contributed by atoms with van der Waals surface area (Å²) in [6.07, 6.45) is 0.262. The van der Waals surface area contributed by atoms with Crippen LogP contribution in [0.4, 0.5) is 0 Å². The molecule has 0 heterocycles. The van der Waals surface area contributed by atoms with Crippen LogP contribution in [0.25, 0.3) is 11.1 Å². The molecule has 2 unspecified atom stereocenters. The van der Waals surface area contributed by atoms with Gasteiger partial charge in [-0.1, -0.05) is 91.0 Å². The molecule has 0 aliphatic rings. The fourth-order valence-electron chi connectivity index (χ4n) is 5.10. The maximum absolute atomic E-state index is 13.0. The number of ether oxygens (including phenoxy) is 2. The molecule has 38 heavy (non-hydrogen) atoms. The van der Waals surface area contributed by atoms with Crippen molar-refractivity contribution in [2.24, 2.45) is 0 Å². The normalized spacial score (nSPS) is 12.7. The molecule has 196 valence electrons. The minimum absolute atomic E-state index is 0.0676. The second-order valence-corrected chi connectivity index (χ2v) is 9.53. The molecule has 4 heteroatoms. The second kappa shape index (κ2) is 13.1. The maximum Gasteiger partial charge on any atom is 0.307 e. The second-order valence-electron chi connectivity index (χ2n) is 9.53. The molecule has 4 aromatic rings. The van der Waals surface area contributed by atoms with Crippen molar-refractivity contribution in [1.82, 2.24) is 4.90 Å². The molecule has 4 nitrogen and oxygen atoms in total. The van der Waals surface area contributed by atoms with Gasteiger partial charge >= 0.3 is 5.97 Å². The van der Waals surface area contributed by atoms with Gasteiger partial charge in [0.05, 0.1) is 20.1 Å². The van der Waals surface area contributed by atoms with E-state index in [2.05, 4.69) is 97.6 Å². The molecule has 0 spiro atoms. The summed E-state index contributed by atoms with van der Waals surface area (Å²) in [6, 6.07) is 35.4. The van der Waals surface area contributed by atoms with Gasteiger partial charge in [0, 0.05) is 18.6 Å². The molecular formula is C34H37NO3. The van der Waals surface area contributed by atoms with Crippen molar-refractivity contribution in [1.29, 1.82) is 0 Å². The molecule has 0 aromatic heterocycles. The summed E-state index contributed by atoms with van der Waals surface area (Å²) in [5.41, 5.74) is 6.79. The van der Waals surface area contributed by atoms with Crippen LogP contribution in [0.15, 0.2) is 103 Å². The Labute approximate surface area is 226 Å². The van der Waals surface area contributed by atoms with Crippen LogP contribution in [-0.2, 0) is 16.1 Å². The van der Waals surface area contributed by atoms with Crippen molar-refractivity contribution < 1.29 is 14.3 Å². The van der Waals surface area contributed by atoms with Crippen molar-refractivity contribution in [2.75, 3.05) is 13.7 Å². The minimum atomic E-state index is -0.196. The summed E-state index contributed by atoms with van der Waals surface area (Å²) in [6.45, 7) is 7.21. The number of benzene rings is 4. The number of hydrogen-bond donors (Lipinski definition) is 0. The lowest BCUT2D eigenvalue weighted by molar-refractivity contribution is -0.145. The van der Waals surface area contributed by atoms with Crippen LogP contribution in [0, 0.1) is 6.92 Å². The zero-order valence-corrected chi connectivity index (χ0v) is 22.8. The lowest BCUT2D eigenvalue weighted by atomic mass is 9.92. The Bertz CT molecular complexity index is 1320. The lowest BCUT2D eigenvalue weighted by Gasteiger charge is -2.37. The first-order valence-electron chi connectivity index (χ1n) is 13.3. The largest absolute Gasteiger partial charge is 0.496 e. The van der Waals surface area contributed by atoms with Gasteiger partial charge in [-0.15, -0.1) is 0 Å². The summed E-state index contributed by atoms with van der Waals surface area (Å²) < 4.78 is 11.0. The Morgan fingerprint density at radius 1 is 0.842 bits per heavy atom. The highest BCUT2D eigenvalue weighted by molar-refractivity contribution is 5.72. The van der Waals surface area contributed by atoms with Gasteiger partial charge in [-0.05, 0) is 66.3 Å². The molecule has 0 saturated heterocycles. The van der Waals surface area contributed by atoms with E-state index in [1.807, 2.05) is 31.2 Å². The number of esters is 1. The van der Waals surface area contributed by atoms with Crippen molar-refractivity contribution in [3.63, 3.8) is 0 Å². The molecule has 0 fully saturated rings. The van der Waals surface area contributed by atoms with Crippen LogP contribution >= 0.6 is 0 Å². The number of carbonyl (C=O) groups is 1. The molecular weight excluding hydrogens is 470 g/mol. The van der Waals surface area contributed by atoms with E-state index in [9.17, 15) is 4.79 Å². The first-order chi connectivity index (χ1) is 18.5. The van der Waals surface area contributed by atoms with E-state index in [4.69, 9.17) is 9.47 Å². The molecule has 2 atom stereocenters. The number of rotatable bonds is 11. The molecule has 0 aliphatic heterocycles.